The highest BCUT2D eigenvalue weighted by atomic mass is 16.4. The molecule has 1 aromatic carbocycles. The molecule has 2 N–H and O–H groups in total. The van der Waals surface area contributed by atoms with Crippen molar-refractivity contribution in [1.29, 1.82) is 0 Å². The summed E-state index contributed by atoms with van der Waals surface area (Å²) in [5.74, 6) is -1.94. The van der Waals surface area contributed by atoms with E-state index in [1.807, 2.05) is 9.80 Å². The molecule has 1 saturated heterocycles. The number of carbonyl (C=O) groups excluding carboxylic acids is 1. The van der Waals surface area contributed by atoms with Crippen LogP contribution in [0.1, 0.15) is 22.0 Å². The topological polar surface area (TPSA) is 106 Å². The lowest BCUT2D eigenvalue weighted by molar-refractivity contribution is -0.145. The highest BCUT2D eigenvalue weighted by Gasteiger charge is 2.33. The van der Waals surface area contributed by atoms with Crippen LogP contribution in [0.15, 0.2) is 24.4 Å². The van der Waals surface area contributed by atoms with Crippen LogP contribution >= 0.6 is 0 Å². The van der Waals surface area contributed by atoms with Crippen LogP contribution < -0.4 is 0 Å². The molecule has 0 aliphatic carbocycles. The molecule has 9 heteroatoms. The second-order valence-electron chi connectivity index (χ2n) is 7.57. The summed E-state index contributed by atoms with van der Waals surface area (Å²) in [6.07, 6.45) is 1.76. The van der Waals surface area contributed by atoms with Crippen molar-refractivity contribution >= 4 is 28.7 Å². The van der Waals surface area contributed by atoms with Gasteiger partial charge in [-0.25, -0.2) is 4.79 Å². The Hall–Kier alpha value is -2.91. The fourth-order valence-electron chi connectivity index (χ4n) is 3.76. The normalized spacial score (nSPS) is 16.7. The first kappa shape index (κ1) is 20.8. The van der Waals surface area contributed by atoms with Gasteiger partial charge in [0.25, 0.3) is 0 Å². The van der Waals surface area contributed by atoms with Crippen molar-refractivity contribution in [2.45, 2.75) is 6.04 Å². The maximum Gasteiger partial charge on any atom is 0.335 e. The fraction of sp³-hybridized carbons (Fsp3) is 0.450. The Morgan fingerprint density at radius 3 is 2.31 bits per heavy atom. The number of carboxylic acids is 2. The van der Waals surface area contributed by atoms with Crippen LogP contribution in [0.25, 0.3) is 10.9 Å². The lowest BCUT2D eigenvalue weighted by Crippen LogP contribution is -2.51. The van der Waals surface area contributed by atoms with E-state index in [1.54, 1.807) is 48.9 Å². The van der Waals surface area contributed by atoms with E-state index < -0.39 is 18.0 Å². The Labute approximate surface area is 168 Å². The van der Waals surface area contributed by atoms with Gasteiger partial charge < -0.3 is 19.7 Å². The van der Waals surface area contributed by atoms with E-state index >= 15 is 0 Å². The van der Waals surface area contributed by atoms with Crippen LogP contribution in [0.5, 0.6) is 0 Å². The molecule has 1 aliphatic rings. The molecular weight excluding hydrogens is 376 g/mol. The number of hydrogen-bond donors (Lipinski definition) is 2. The van der Waals surface area contributed by atoms with Gasteiger partial charge in [0.1, 0.15) is 6.04 Å². The van der Waals surface area contributed by atoms with Crippen LogP contribution in [-0.4, -0.2) is 94.1 Å². The van der Waals surface area contributed by atoms with Crippen LogP contribution in [0.2, 0.25) is 0 Å². The molecule has 29 heavy (non-hydrogen) atoms. The molecule has 2 aromatic rings. The number of likely N-dealkylation sites (N-methyl/N-ethyl adjacent to an activating group) is 1. The smallest absolute Gasteiger partial charge is 0.335 e. The number of hydrogen-bond acceptors (Lipinski definition) is 5. The van der Waals surface area contributed by atoms with E-state index in [9.17, 15) is 24.6 Å². The van der Waals surface area contributed by atoms with Gasteiger partial charge >= 0.3 is 11.9 Å². The van der Waals surface area contributed by atoms with E-state index in [1.165, 1.54) is 6.07 Å². The zero-order chi connectivity index (χ0) is 21.3. The van der Waals surface area contributed by atoms with Gasteiger partial charge in [-0.3, -0.25) is 19.4 Å². The van der Waals surface area contributed by atoms with Gasteiger partial charge in [0, 0.05) is 70.0 Å². The number of aromatic nitrogens is 1. The van der Waals surface area contributed by atoms with Crippen molar-refractivity contribution in [3.8, 4) is 0 Å². The molecule has 1 aliphatic heterocycles. The molecule has 9 nitrogen and oxygen atoms in total. The van der Waals surface area contributed by atoms with Crippen LogP contribution in [-0.2, 0) is 16.6 Å². The molecule has 1 unspecified atom stereocenters. The summed E-state index contributed by atoms with van der Waals surface area (Å²) < 4.78 is 1.76. The van der Waals surface area contributed by atoms with Crippen LogP contribution in [0.3, 0.4) is 0 Å². The number of aryl methyl sites for hydroxylation is 1. The van der Waals surface area contributed by atoms with Gasteiger partial charge in [0.05, 0.1) is 12.1 Å². The zero-order valence-corrected chi connectivity index (χ0v) is 16.8. The molecular formula is C20H26N4O5. The quantitative estimate of drug-likeness (QED) is 0.733. The molecule has 1 aromatic heterocycles. The third kappa shape index (κ3) is 4.25. The van der Waals surface area contributed by atoms with Crippen molar-refractivity contribution in [2.24, 2.45) is 7.05 Å². The largest absolute Gasteiger partial charge is 0.480 e. The average Bonchev–Trinajstić information content (AvgIpc) is 2.98. The van der Waals surface area contributed by atoms with Crippen molar-refractivity contribution in [3.05, 3.63) is 35.5 Å². The van der Waals surface area contributed by atoms with Gasteiger partial charge in [-0.05, 0) is 12.1 Å². The number of fused-ring (bicyclic) bond motifs is 1. The Morgan fingerprint density at radius 1 is 1.10 bits per heavy atom. The molecule has 3 rings (SSSR count). The molecule has 0 spiro atoms. The number of rotatable bonds is 6. The predicted octanol–water partition coefficient (Wildman–Crippen LogP) is 0.708. The third-order valence-electron chi connectivity index (χ3n) is 5.43. The van der Waals surface area contributed by atoms with E-state index in [0.717, 1.165) is 5.39 Å². The number of aromatic carboxylic acids is 1. The Bertz CT molecular complexity index is 944. The number of aliphatic carboxylic acids is 1. The summed E-state index contributed by atoms with van der Waals surface area (Å²) in [4.78, 5) is 40.8. The Morgan fingerprint density at radius 2 is 1.76 bits per heavy atom. The number of amides is 1. The van der Waals surface area contributed by atoms with Gasteiger partial charge in [-0.1, -0.05) is 6.07 Å². The molecule has 1 fully saturated rings. The van der Waals surface area contributed by atoms with Gasteiger partial charge in [0.2, 0.25) is 5.91 Å². The molecule has 0 saturated carbocycles. The second kappa shape index (κ2) is 8.22. The first-order valence-corrected chi connectivity index (χ1v) is 9.40. The molecule has 0 bridgehead atoms. The van der Waals surface area contributed by atoms with Crippen molar-refractivity contribution < 1.29 is 24.6 Å². The summed E-state index contributed by atoms with van der Waals surface area (Å²) in [5.41, 5.74) is 1.49. The Balaban J connectivity index is 1.84. The van der Waals surface area contributed by atoms with Crippen molar-refractivity contribution in [1.82, 2.24) is 19.3 Å². The molecule has 156 valence electrons. The summed E-state index contributed by atoms with van der Waals surface area (Å²) in [6.45, 7) is 2.60. The maximum absolute atomic E-state index is 12.2. The van der Waals surface area contributed by atoms with Gasteiger partial charge in [-0.2, -0.15) is 0 Å². The summed E-state index contributed by atoms with van der Waals surface area (Å²) >= 11 is 0. The number of piperazine rings is 1. The Kier molecular flexibility index (Phi) is 5.90. The lowest BCUT2D eigenvalue weighted by atomic mass is 10.0. The zero-order valence-electron chi connectivity index (χ0n) is 16.8. The summed E-state index contributed by atoms with van der Waals surface area (Å²) in [5, 5.41) is 19.9. The van der Waals surface area contributed by atoms with Gasteiger partial charge in [0.15, 0.2) is 0 Å². The SMILES string of the molecule is CN(C)C(=O)CN1CCN(C(C(=O)O)c2cn(C)c3cc(C(=O)O)ccc23)CC1. The lowest BCUT2D eigenvalue weighted by Gasteiger charge is -2.37. The number of carboxylic acid groups (broad SMARTS) is 2. The fourth-order valence-corrected chi connectivity index (χ4v) is 3.76. The monoisotopic (exact) mass is 402 g/mol. The van der Waals surface area contributed by atoms with E-state index in [4.69, 9.17) is 0 Å². The van der Waals surface area contributed by atoms with Gasteiger partial charge in [-0.15, -0.1) is 0 Å². The van der Waals surface area contributed by atoms with Crippen LogP contribution in [0, 0.1) is 0 Å². The average molecular weight is 402 g/mol. The summed E-state index contributed by atoms with van der Waals surface area (Å²) in [6, 6.07) is 3.90. The third-order valence-corrected chi connectivity index (χ3v) is 5.43. The van der Waals surface area contributed by atoms with E-state index in [-0.39, 0.29) is 11.5 Å². The first-order valence-electron chi connectivity index (χ1n) is 9.40. The van der Waals surface area contributed by atoms with Crippen molar-refractivity contribution in [2.75, 3.05) is 46.8 Å². The molecule has 1 amide bonds. The first-order chi connectivity index (χ1) is 13.7. The standard InChI is InChI=1S/C20H26N4O5/c1-21(2)17(25)12-23-6-8-24(9-7-23)18(20(28)29)15-11-22(3)16-10-13(19(26)27)4-5-14(15)16/h4-5,10-11,18H,6-9,12H2,1-3H3,(H,26,27)(H,28,29). The van der Waals surface area contributed by atoms with E-state index in [2.05, 4.69) is 0 Å². The number of nitrogens with zero attached hydrogens (tertiary/aromatic N) is 4. The van der Waals surface area contributed by atoms with Crippen LogP contribution in [0.4, 0.5) is 0 Å². The minimum Gasteiger partial charge on any atom is -0.480 e. The number of benzene rings is 1. The predicted molar refractivity (Wildman–Crippen MR) is 107 cm³/mol. The highest BCUT2D eigenvalue weighted by Crippen LogP contribution is 2.31. The second-order valence-corrected chi connectivity index (χ2v) is 7.57. The maximum atomic E-state index is 12.2. The molecule has 1 atom stereocenters. The summed E-state index contributed by atoms with van der Waals surface area (Å²) in [7, 11) is 5.21. The van der Waals surface area contributed by atoms with E-state index in [0.29, 0.717) is 43.8 Å². The van der Waals surface area contributed by atoms with Crippen molar-refractivity contribution in [3.63, 3.8) is 0 Å². The molecule has 0 radical (unpaired) electrons. The highest BCUT2D eigenvalue weighted by molar-refractivity contribution is 5.96. The minimum atomic E-state index is -1.02. The number of carbonyl (C=O) groups is 3. The molecule has 2 heterocycles. The minimum absolute atomic E-state index is 0.0246.